The molecule has 1 heterocycles. The van der Waals surface area contributed by atoms with Gasteiger partial charge in [-0.05, 0) is 45.2 Å². The first kappa shape index (κ1) is 15.2. The lowest BCUT2D eigenvalue weighted by atomic mass is 10.0. The Balaban J connectivity index is 2.21. The van der Waals surface area contributed by atoms with Crippen LogP contribution < -0.4 is 0 Å². The van der Waals surface area contributed by atoms with E-state index in [0.717, 1.165) is 18.4 Å². The monoisotopic (exact) mass is 296 g/mol. The van der Waals surface area contributed by atoms with E-state index < -0.39 is 28.1 Å². The van der Waals surface area contributed by atoms with Crippen LogP contribution in [0.3, 0.4) is 0 Å². The first-order valence-corrected chi connectivity index (χ1v) is 8.06. The van der Waals surface area contributed by atoms with Crippen LogP contribution in [0.5, 0.6) is 0 Å². The van der Waals surface area contributed by atoms with Crippen molar-refractivity contribution in [2.75, 3.05) is 0 Å². The van der Waals surface area contributed by atoms with Gasteiger partial charge in [0.05, 0.1) is 23.0 Å². The molecule has 0 saturated carbocycles. The summed E-state index contributed by atoms with van der Waals surface area (Å²) >= 11 is 0. The van der Waals surface area contributed by atoms with Crippen LogP contribution in [0.15, 0.2) is 29.2 Å². The summed E-state index contributed by atoms with van der Waals surface area (Å²) in [5, 5.41) is 8.43. The molecule has 1 saturated heterocycles. The summed E-state index contributed by atoms with van der Waals surface area (Å²) in [4.78, 5) is 12.1. The minimum atomic E-state index is -1.60. The van der Waals surface area contributed by atoms with Crippen molar-refractivity contribution in [3.05, 3.63) is 29.8 Å². The normalized spacial score (nSPS) is 25.9. The zero-order chi connectivity index (χ0) is 14.7. The van der Waals surface area contributed by atoms with E-state index in [-0.39, 0.29) is 6.10 Å². The molecule has 0 aliphatic carbocycles. The third-order valence-corrected chi connectivity index (χ3v) is 5.27. The number of carbonyl (C=O) groups is 1. The number of aliphatic carboxylic acids is 1. The van der Waals surface area contributed by atoms with Gasteiger partial charge in [-0.1, -0.05) is 17.7 Å². The Bertz CT molecular complexity index is 497. The van der Waals surface area contributed by atoms with Gasteiger partial charge in [0, 0.05) is 4.90 Å². The van der Waals surface area contributed by atoms with E-state index in [2.05, 4.69) is 0 Å². The SMILES string of the molecule is Cc1ccc([S@@](=O)[C@H](C(=O)O)[C@H]2CCC[C@@H](C)O2)cc1. The van der Waals surface area contributed by atoms with Gasteiger partial charge < -0.3 is 9.84 Å². The summed E-state index contributed by atoms with van der Waals surface area (Å²) in [5.74, 6) is -1.05. The fourth-order valence-electron chi connectivity index (χ4n) is 2.47. The average molecular weight is 296 g/mol. The maximum atomic E-state index is 12.6. The summed E-state index contributed by atoms with van der Waals surface area (Å²) in [6.45, 7) is 3.87. The number of benzene rings is 1. The minimum Gasteiger partial charge on any atom is -0.480 e. The third-order valence-electron chi connectivity index (χ3n) is 3.57. The number of aryl methyl sites for hydroxylation is 1. The zero-order valence-corrected chi connectivity index (χ0v) is 12.6. The quantitative estimate of drug-likeness (QED) is 0.927. The van der Waals surface area contributed by atoms with E-state index in [1.165, 1.54) is 0 Å². The molecule has 0 radical (unpaired) electrons. The highest BCUT2D eigenvalue weighted by Gasteiger charge is 2.37. The number of carboxylic acid groups (broad SMARTS) is 1. The molecule has 0 spiro atoms. The fourth-order valence-corrected chi connectivity index (χ4v) is 3.83. The van der Waals surface area contributed by atoms with E-state index in [9.17, 15) is 14.1 Å². The summed E-state index contributed by atoms with van der Waals surface area (Å²) in [7, 11) is -1.60. The zero-order valence-electron chi connectivity index (χ0n) is 11.7. The molecular weight excluding hydrogens is 276 g/mol. The summed E-state index contributed by atoms with van der Waals surface area (Å²) in [6, 6.07) is 7.15. The molecule has 4 nitrogen and oxygen atoms in total. The number of hydrogen-bond donors (Lipinski definition) is 1. The van der Waals surface area contributed by atoms with Crippen molar-refractivity contribution in [1.82, 2.24) is 0 Å². The molecule has 1 aromatic carbocycles. The van der Waals surface area contributed by atoms with Gasteiger partial charge in [-0.15, -0.1) is 0 Å². The van der Waals surface area contributed by atoms with Crippen molar-refractivity contribution in [3.8, 4) is 0 Å². The first-order chi connectivity index (χ1) is 9.49. The highest BCUT2D eigenvalue weighted by Crippen LogP contribution is 2.26. The molecule has 1 aromatic rings. The standard InChI is InChI=1S/C15H20O4S/c1-10-6-8-12(9-7-10)20(18)14(15(16)17)13-5-3-4-11(2)19-13/h6-9,11,13-14H,3-5H2,1-2H3,(H,16,17)/t11-,13-,14+,20-/m1/s1. The van der Waals surface area contributed by atoms with Crippen LogP contribution >= 0.6 is 0 Å². The number of hydrogen-bond acceptors (Lipinski definition) is 3. The number of rotatable bonds is 4. The Hall–Kier alpha value is -1.20. The summed E-state index contributed by atoms with van der Waals surface area (Å²) in [5.41, 5.74) is 1.06. The smallest absolute Gasteiger partial charge is 0.322 e. The molecule has 110 valence electrons. The lowest BCUT2D eigenvalue weighted by molar-refractivity contribution is -0.141. The van der Waals surface area contributed by atoms with E-state index in [1.807, 2.05) is 26.0 Å². The van der Waals surface area contributed by atoms with E-state index in [0.29, 0.717) is 11.3 Å². The highest BCUT2D eigenvalue weighted by atomic mass is 32.2. The Kier molecular flexibility index (Phi) is 4.94. The van der Waals surface area contributed by atoms with Crippen LogP contribution in [0.1, 0.15) is 31.7 Å². The van der Waals surface area contributed by atoms with E-state index in [1.54, 1.807) is 12.1 Å². The molecule has 0 aromatic heterocycles. The van der Waals surface area contributed by atoms with Gasteiger partial charge in [0.1, 0.15) is 0 Å². The van der Waals surface area contributed by atoms with E-state index in [4.69, 9.17) is 4.74 Å². The van der Waals surface area contributed by atoms with Crippen LogP contribution in [-0.2, 0) is 20.3 Å². The average Bonchev–Trinajstić information content (AvgIpc) is 2.39. The van der Waals surface area contributed by atoms with Crippen molar-refractivity contribution in [2.24, 2.45) is 0 Å². The van der Waals surface area contributed by atoms with Crippen LogP contribution in [0.25, 0.3) is 0 Å². The lowest BCUT2D eigenvalue weighted by Gasteiger charge is -2.31. The Morgan fingerprint density at radius 3 is 2.55 bits per heavy atom. The van der Waals surface area contributed by atoms with Gasteiger partial charge in [-0.2, -0.15) is 0 Å². The predicted octanol–water partition coefficient (Wildman–Crippen LogP) is 2.51. The first-order valence-electron chi connectivity index (χ1n) is 6.84. The van der Waals surface area contributed by atoms with Gasteiger partial charge in [-0.3, -0.25) is 9.00 Å². The van der Waals surface area contributed by atoms with Crippen LogP contribution in [-0.4, -0.2) is 32.7 Å². The molecule has 4 atom stereocenters. The molecule has 5 heteroatoms. The molecule has 1 aliphatic heterocycles. The molecule has 0 unspecified atom stereocenters. The molecule has 1 N–H and O–H groups in total. The molecule has 1 fully saturated rings. The molecule has 1 aliphatic rings. The topological polar surface area (TPSA) is 63.6 Å². The van der Waals surface area contributed by atoms with Crippen molar-refractivity contribution in [2.45, 2.75) is 55.5 Å². The van der Waals surface area contributed by atoms with Crippen molar-refractivity contribution in [3.63, 3.8) is 0 Å². The Morgan fingerprint density at radius 1 is 1.35 bits per heavy atom. The third kappa shape index (κ3) is 3.46. The molecule has 20 heavy (non-hydrogen) atoms. The second kappa shape index (κ2) is 6.50. The van der Waals surface area contributed by atoms with Crippen molar-refractivity contribution in [1.29, 1.82) is 0 Å². The second-order valence-electron chi connectivity index (χ2n) is 5.29. The predicted molar refractivity (Wildman–Crippen MR) is 77.2 cm³/mol. The van der Waals surface area contributed by atoms with Crippen LogP contribution in [0, 0.1) is 6.92 Å². The minimum absolute atomic E-state index is 0.0330. The van der Waals surface area contributed by atoms with Crippen LogP contribution in [0.2, 0.25) is 0 Å². The number of ether oxygens (including phenoxy) is 1. The molecule has 0 bridgehead atoms. The molecular formula is C15H20O4S. The summed E-state index contributed by atoms with van der Waals surface area (Å²) < 4.78 is 18.3. The van der Waals surface area contributed by atoms with Gasteiger partial charge >= 0.3 is 5.97 Å². The highest BCUT2D eigenvalue weighted by molar-refractivity contribution is 7.86. The fraction of sp³-hybridized carbons (Fsp3) is 0.533. The van der Waals surface area contributed by atoms with Crippen molar-refractivity contribution >= 4 is 16.8 Å². The summed E-state index contributed by atoms with van der Waals surface area (Å²) in [6.07, 6.45) is 2.06. The largest absolute Gasteiger partial charge is 0.480 e. The Morgan fingerprint density at radius 2 is 2.00 bits per heavy atom. The van der Waals surface area contributed by atoms with Gasteiger partial charge in [0.25, 0.3) is 0 Å². The lowest BCUT2D eigenvalue weighted by Crippen LogP contribution is -2.43. The number of carboxylic acids is 1. The van der Waals surface area contributed by atoms with Gasteiger partial charge in [0.2, 0.25) is 0 Å². The molecule has 0 amide bonds. The maximum absolute atomic E-state index is 12.6. The van der Waals surface area contributed by atoms with Crippen LogP contribution in [0.4, 0.5) is 0 Å². The van der Waals surface area contributed by atoms with E-state index >= 15 is 0 Å². The second-order valence-corrected chi connectivity index (χ2v) is 6.86. The Labute approximate surface area is 121 Å². The van der Waals surface area contributed by atoms with Gasteiger partial charge in [0.15, 0.2) is 5.25 Å². The van der Waals surface area contributed by atoms with Crippen molar-refractivity contribution < 1.29 is 18.8 Å². The van der Waals surface area contributed by atoms with Gasteiger partial charge in [-0.25, -0.2) is 0 Å². The molecule has 2 rings (SSSR count). The maximum Gasteiger partial charge on any atom is 0.322 e.